The highest BCUT2D eigenvalue weighted by Crippen LogP contribution is 2.22. The third kappa shape index (κ3) is 3.51. The van der Waals surface area contributed by atoms with E-state index in [-0.39, 0.29) is 18.4 Å². The summed E-state index contributed by atoms with van der Waals surface area (Å²) in [5.74, 6) is 0.0496. The normalized spacial score (nSPS) is 18.1. The second-order valence-electron chi connectivity index (χ2n) is 6.57. The summed E-state index contributed by atoms with van der Waals surface area (Å²) < 4.78 is 7.43. The molecule has 0 unspecified atom stereocenters. The van der Waals surface area contributed by atoms with Crippen LogP contribution >= 0.6 is 0 Å². The van der Waals surface area contributed by atoms with Crippen molar-refractivity contribution < 1.29 is 9.53 Å². The van der Waals surface area contributed by atoms with Crippen molar-refractivity contribution in [3.63, 3.8) is 0 Å². The highest BCUT2D eigenvalue weighted by atomic mass is 16.5. The van der Waals surface area contributed by atoms with Crippen molar-refractivity contribution in [1.29, 1.82) is 5.26 Å². The number of hydrogen-bond donors (Lipinski definition) is 0. The van der Waals surface area contributed by atoms with E-state index in [2.05, 4.69) is 41.8 Å². The lowest BCUT2D eigenvalue weighted by Crippen LogP contribution is -2.46. The summed E-state index contributed by atoms with van der Waals surface area (Å²) in [6.45, 7) is 7.83. The van der Waals surface area contributed by atoms with Crippen molar-refractivity contribution in [1.82, 2.24) is 9.47 Å². The van der Waals surface area contributed by atoms with Crippen molar-refractivity contribution in [3.8, 4) is 11.8 Å². The minimum Gasteiger partial charge on any atom is -0.377 e. The van der Waals surface area contributed by atoms with E-state index in [0.29, 0.717) is 19.8 Å². The van der Waals surface area contributed by atoms with Gasteiger partial charge >= 0.3 is 0 Å². The van der Waals surface area contributed by atoms with E-state index < -0.39 is 0 Å². The van der Waals surface area contributed by atoms with Crippen LogP contribution in [-0.2, 0) is 4.74 Å². The molecule has 2 aromatic rings. The first kappa shape index (κ1) is 17.4. The molecule has 130 valence electrons. The Balaban J connectivity index is 1.85. The summed E-state index contributed by atoms with van der Waals surface area (Å²) >= 11 is 0. The van der Waals surface area contributed by atoms with Crippen molar-refractivity contribution in [3.05, 3.63) is 52.8 Å². The number of morpholine rings is 1. The van der Waals surface area contributed by atoms with Crippen LogP contribution in [0.25, 0.3) is 5.69 Å². The molecule has 0 aliphatic carbocycles. The van der Waals surface area contributed by atoms with Crippen LogP contribution in [0, 0.1) is 32.1 Å². The molecule has 1 aliphatic heterocycles. The summed E-state index contributed by atoms with van der Waals surface area (Å²) in [5, 5.41) is 9.23. The molecule has 3 rings (SSSR count). The van der Waals surface area contributed by atoms with Gasteiger partial charge in [-0.3, -0.25) is 9.69 Å². The van der Waals surface area contributed by atoms with E-state index in [0.717, 1.165) is 22.6 Å². The molecular weight excluding hydrogens is 314 g/mol. The number of hydrogen-bond acceptors (Lipinski definition) is 4. The van der Waals surface area contributed by atoms with E-state index in [9.17, 15) is 10.1 Å². The summed E-state index contributed by atoms with van der Waals surface area (Å²) in [7, 11) is 0. The number of Topliss-reactive ketones (excluding diaryl/α,β-unsaturated/α-hetero) is 1. The lowest BCUT2D eigenvalue weighted by Gasteiger charge is -2.30. The van der Waals surface area contributed by atoms with Crippen molar-refractivity contribution in [2.75, 3.05) is 26.3 Å². The molecule has 5 nitrogen and oxygen atoms in total. The number of ketones is 1. The van der Waals surface area contributed by atoms with Crippen LogP contribution < -0.4 is 0 Å². The summed E-state index contributed by atoms with van der Waals surface area (Å²) in [6.07, 6.45) is 0. The Morgan fingerprint density at radius 1 is 1.28 bits per heavy atom. The Kier molecular flexibility index (Phi) is 5.03. The number of carbonyl (C=O) groups is 1. The first-order valence-corrected chi connectivity index (χ1v) is 8.52. The molecule has 0 bridgehead atoms. The van der Waals surface area contributed by atoms with Gasteiger partial charge in [-0.25, -0.2) is 0 Å². The monoisotopic (exact) mass is 337 g/mol. The maximum atomic E-state index is 12.8. The van der Waals surface area contributed by atoms with Gasteiger partial charge in [0.1, 0.15) is 6.04 Å². The zero-order valence-corrected chi connectivity index (χ0v) is 15.0. The smallest absolute Gasteiger partial charge is 0.178 e. The molecule has 1 aromatic carbocycles. The summed E-state index contributed by atoms with van der Waals surface area (Å²) in [6, 6.07) is 12.1. The Hall–Kier alpha value is -2.42. The fourth-order valence-corrected chi connectivity index (χ4v) is 3.35. The van der Waals surface area contributed by atoms with E-state index in [1.165, 1.54) is 5.56 Å². The van der Waals surface area contributed by atoms with Gasteiger partial charge in [0, 0.05) is 29.2 Å². The predicted octanol–water partition coefficient (Wildman–Crippen LogP) is 2.81. The Morgan fingerprint density at radius 2 is 2.00 bits per heavy atom. The second kappa shape index (κ2) is 7.22. The molecule has 1 aliphatic rings. The van der Waals surface area contributed by atoms with Crippen molar-refractivity contribution in [2.24, 2.45) is 0 Å². The van der Waals surface area contributed by atoms with E-state index in [4.69, 9.17) is 4.74 Å². The number of nitriles is 1. The number of nitrogens with zero attached hydrogens (tertiary/aromatic N) is 3. The van der Waals surface area contributed by atoms with Gasteiger partial charge in [0.05, 0.1) is 25.8 Å². The van der Waals surface area contributed by atoms with Gasteiger partial charge in [0.25, 0.3) is 0 Å². The molecule has 1 fully saturated rings. The van der Waals surface area contributed by atoms with Gasteiger partial charge in [-0.05, 0) is 39.0 Å². The zero-order chi connectivity index (χ0) is 18.0. The fourth-order valence-electron chi connectivity index (χ4n) is 3.35. The molecule has 0 saturated carbocycles. The Labute approximate surface area is 148 Å². The van der Waals surface area contributed by atoms with Gasteiger partial charge in [0.2, 0.25) is 0 Å². The number of ether oxygens (including phenoxy) is 1. The average molecular weight is 337 g/mol. The Morgan fingerprint density at radius 3 is 2.68 bits per heavy atom. The number of aryl methyl sites for hydroxylation is 2. The predicted molar refractivity (Wildman–Crippen MR) is 96.1 cm³/mol. The van der Waals surface area contributed by atoms with Crippen molar-refractivity contribution in [2.45, 2.75) is 26.8 Å². The molecule has 1 atom stereocenters. The topological polar surface area (TPSA) is 58.3 Å². The molecule has 0 radical (unpaired) electrons. The van der Waals surface area contributed by atoms with Crippen LogP contribution in [0.15, 0.2) is 30.3 Å². The Bertz CT molecular complexity index is 815. The van der Waals surface area contributed by atoms with Crippen LogP contribution in [-0.4, -0.2) is 47.6 Å². The van der Waals surface area contributed by atoms with Gasteiger partial charge in [0.15, 0.2) is 5.78 Å². The summed E-state index contributed by atoms with van der Waals surface area (Å²) in [5.41, 5.74) is 4.95. The maximum Gasteiger partial charge on any atom is 0.178 e. The maximum absolute atomic E-state index is 12.8. The zero-order valence-electron chi connectivity index (χ0n) is 15.0. The standard InChI is InChI=1S/C20H23N3O2/c1-14-4-6-17(7-5-14)23-15(2)10-19(16(23)3)20(24)12-22-8-9-25-13-18(22)11-21/h4-7,10,18H,8-9,12-13H2,1-3H3/t18-/m1/s1. The van der Waals surface area contributed by atoms with Gasteiger partial charge in [-0.2, -0.15) is 5.26 Å². The largest absolute Gasteiger partial charge is 0.377 e. The SMILES string of the molecule is Cc1ccc(-n2c(C)cc(C(=O)CN3CCOC[C@H]3C#N)c2C)cc1. The quantitative estimate of drug-likeness (QED) is 0.805. The number of carbonyl (C=O) groups excluding carboxylic acids is 1. The molecule has 0 amide bonds. The molecule has 0 N–H and O–H groups in total. The van der Waals surface area contributed by atoms with Crippen LogP contribution in [0.1, 0.15) is 27.3 Å². The van der Waals surface area contributed by atoms with Gasteiger partial charge in [-0.15, -0.1) is 0 Å². The first-order valence-electron chi connectivity index (χ1n) is 8.52. The minimum atomic E-state index is -0.349. The van der Waals surface area contributed by atoms with Gasteiger partial charge in [-0.1, -0.05) is 17.7 Å². The van der Waals surface area contributed by atoms with Crippen LogP contribution in [0.4, 0.5) is 0 Å². The van der Waals surface area contributed by atoms with Gasteiger partial charge < -0.3 is 9.30 Å². The molecular formula is C20H23N3O2. The number of aromatic nitrogens is 1. The number of benzene rings is 1. The molecule has 1 aromatic heterocycles. The molecule has 1 saturated heterocycles. The second-order valence-corrected chi connectivity index (χ2v) is 6.57. The summed E-state index contributed by atoms with van der Waals surface area (Å²) in [4.78, 5) is 14.7. The average Bonchev–Trinajstić information content (AvgIpc) is 2.91. The molecule has 25 heavy (non-hydrogen) atoms. The third-order valence-electron chi connectivity index (χ3n) is 4.76. The molecule has 2 heterocycles. The van der Waals surface area contributed by atoms with E-state index in [1.807, 2.05) is 24.8 Å². The first-order chi connectivity index (χ1) is 12.0. The highest BCUT2D eigenvalue weighted by molar-refractivity contribution is 5.99. The van der Waals surface area contributed by atoms with Crippen LogP contribution in [0.2, 0.25) is 0 Å². The van der Waals surface area contributed by atoms with Crippen molar-refractivity contribution >= 4 is 5.78 Å². The molecule has 5 heteroatoms. The third-order valence-corrected chi connectivity index (χ3v) is 4.76. The van der Waals surface area contributed by atoms with E-state index >= 15 is 0 Å². The minimum absolute atomic E-state index is 0.0496. The fraction of sp³-hybridized carbons (Fsp3) is 0.400. The van der Waals surface area contributed by atoms with E-state index in [1.54, 1.807) is 0 Å². The lowest BCUT2D eigenvalue weighted by atomic mass is 10.1. The lowest BCUT2D eigenvalue weighted by molar-refractivity contribution is 0.0143. The molecule has 0 spiro atoms. The van der Waals surface area contributed by atoms with Crippen LogP contribution in [0.3, 0.4) is 0 Å². The number of rotatable bonds is 4. The highest BCUT2D eigenvalue weighted by Gasteiger charge is 2.26. The van der Waals surface area contributed by atoms with Crippen LogP contribution in [0.5, 0.6) is 0 Å².